The van der Waals surface area contributed by atoms with Gasteiger partial charge in [0.2, 0.25) is 0 Å². The maximum absolute atomic E-state index is 13.7. The predicted octanol–water partition coefficient (Wildman–Crippen LogP) is 3.16. The maximum Gasteiger partial charge on any atom is 0.165 e. The number of benzene rings is 1. The van der Waals surface area contributed by atoms with Crippen LogP contribution in [0.4, 0.5) is 4.39 Å². The van der Waals surface area contributed by atoms with Crippen molar-refractivity contribution in [1.82, 2.24) is 10.2 Å². The average Bonchev–Trinajstić information content (AvgIpc) is 2.52. The first-order valence-electron chi connectivity index (χ1n) is 7.16. The van der Waals surface area contributed by atoms with E-state index in [1.807, 2.05) is 0 Å². The van der Waals surface area contributed by atoms with Crippen LogP contribution in [-0.4, -0.2) is 36.2 Å². The zero-order chi connectivity index (χ0) is 15.2. The van der Waals surface area contributed by atoms with Gasteiger partial charge in [-0.25, -0.2) is 4.39 Å². The molecule has 1 heterocycles. The summed E-state index contributed by atoms with van der Waals surface area (Å²) in [6.07, 6.45) is 3.25. The maximum atomic E-state index is 13.7. The zero-order valence-electron chi connectivity index (χ0n) is 12.8. The minimum Gasteiger partial charge on any atom is -0.505 e. The van der Waals surface area contributed by atoms with E-state index in [1.54, 1.807) is 6.08 Å². The lowest BCUT2D eigenvalue weighted by Crippen LogP contribution is -2.45. The van der Waals surface area contributed by atoms with Gasteiger partial charge in [0.1, 0.15) is 0 Å². The van der Waals surface area contributed by atoms with E-state index < -0.39 is 11.6 Å². The molecule has 1 fully saturated rings. The van der Waals surface area contributed by atoms with E-state index in [0.717, 1.165) is 38.7 Å². The van der Waals surface area contributed by atoms with Crippen molar-refractivity contribution in [3.8, 4) is 11.8 Å². The number of nitriles is 1. The van der Waals surface area contributed by atoms with E-state index >= 15 is 0 Å². The molecule has 0 spiro atoms. The van der Waals surface area contributed by atoms with Gasteiger partial charge in [-0.1, -0.05) is 6.08 Å². The van der Waals surface area contributed by atoms with E-state index in [0.29, 0.717) is 17.5 Å². The Bertz CT molecular complexity index is 557. The summed E-state index contributed by atoms with van der Waals surface area (Å²) in [7, 11) is 0. The second-order valence-corrected chi connectivity index (χ2v) is 5.14. The Morgan fingerprint density at radius 1 is 1.39 bits per heavy atom. The van der Waals surface area contributed by atoms with Crippen LogP contribution in [0.3, 0.4) is 0 Å². The highest BCUT2D eigenvalue weighted by atomic mass is 35.5. The van der Waals surface area contributed by atoms with Crippen molar-refractivity contribution in [3.05, 3.63) is 41.7 Å². The van der Waals surface area contributed by atoms with Crippen molar-refractivity contribution < 1.29 is 9.50 Å². The number of aromatic hydroxyl groups is 1. The van der Waals surface area contributed by atoms with Crippen molar-refractivity contribution in [2.24, 2.45) is 0 Å². The molecule has 0 aliphatic carbocycles. The number of allylic oxidation sites excluding steroid dienone is 1. The van der Waals surface area contributed by atoms with Crippen LogP contribution in [0.1, 0.15) is 30.0 Å². The molecule has 0 aromatic heterocycles. The Morgan fingerprint density at radius 3 is 2.61 bits per heavy atom. The Labute approximate surface area is 148 Å². The first-order valence-corrected chi connectivity index (χ1v) is 7.16. The van der Waals surface area contributed by atoms with Crippen LogP contribution in [0, 0.1) is 17.1 Å². The van der Waals surface area contributed by atoms with Crippen molar-refractivity contribution >= 4 is 24.8 Å². The van der Waals surface area contributed by atoms with Crippen LogP contribution >= 0.6 is 24.8 Å². The molecule has 4 nitrogen and oxygen atoms in total. The third-order valence-corrected chi connectivity index (χ3v) is 3.86. The summed E-state index contributed by atoms with van der Waals surface area (Å²) in [6.45, 7) is 7.04. The van der Waals surface area contributed by atoms with Gasteiger partial charge in [-0.2, -0.15) is 5.26 Å². The molecule has 2 N–H and O–H groups in total. The van der Waals surface area contributed by atoms with Crippen molar-refractivity contribution in [2.75, 3.05) is 26.2 Å². The summed E-state index contributed by atoms with van der Waals surface area (Å²) in [5, 5.41) is 22.7. The lowest BCUT2D eigenvalue weighted by atomic mass is 9.94. The standard InChI is InChI=1S/C16H20FN3O.2ClH/c1-2-3-4-14(20-9-7-19-8-10-20)15-12(11-18)5-6-13(17)16(15)21;;/h2,5-6,14,19,21H,1,3-4,7-10H2;2*1H/t14-;;/m1../s1. The van der Waals surface area contributed by atoms with Crippen LogP contribution in [0.2, 0.25) is 0 Å². The van der Waals surface area contributed by atoms with Gasteiger partial charge in [-0.05, 0) is 25.0 Å². The molecule has 23 heavy (non-hydrogen) atoms. The third-order valence-electron chi connectivity index (χ3n) is 3.86. The quantitative estimate of drug-likeness (QED) is 0.790. The van der Waals surface area contributed by atoms with Crippen LogP contribution < -0.4 is 5.32 Å². The number of nitrogens with one attached hydrogen (secondary N) is 1. The van der Waals surface area contributed by atoms with Crippen molar-refractivity contribution in [3.63, 3.8) is 0 Å². The fourth-order valence-corrected chi connectivity index (χ4v) is 2.80. The molecule has 1 saturated heterocycles. The first-order chi connectivity index (χ1) is 10.2. The minimum atomic E-state index is -0.678. The average molecular weight is 362 g/mol. The summed E-state index contributed by atoms with van der Waals surface area (Å²) in [6, 6.07) is 4.47. The third kappa shape index (κ3) is 5.08. The molecular weight excluding hydrogens is 340 g/mol. The molecule has 2 rings (SSSR count). The molecule has 0 unspecified atom stereocenters. The number of halogens is 3. The number of phenolic OH excluding ortho intramolecular Hbond substituents is 1. The second kappa shape index (κ2) is 10.5. The predicted molar refractivity (Wildman–Crippen MR) is 93.9 cm³/mol. The van der Waals surface area contributed by atoms with Crippen molar-refractivity contribution in [1.29, 1.82) is 5.26 Å². The highest BCUT2D eigenvalue weighted by Gasteiger charge is 2.27. The highest BCUT2D eigenvalue weighted by Crippen LogP contribution is 2.36. The molecule has 1 aromatic rings. The van der Waals surface area contributed by atoms with E-state index in [1.165, 1.54) is 6.07 Å². The van der Waals surface area contributed by atoms with Crippen LogP contribution in [0.15, 0.2) is 24.8 Å². The van der Waals surface area contributed by atoms with Gasteiger partial charge in [0.15, 0.2) is 11.6 Å². The summed E-state index contributed by atoms with van der Waals surface area (Å²) in [5.74, 6) is -1.08. The Morgan fingerprint density at radius 2 is 2.04 bits per heavy atom. The molecule has 1 atom stereocenters. The molecule has 0 amide bonds. The van der Waals surface area contributed by atoms with Crippen molar-refractivity contribution in [2.45, 2.75) is 18.9 Å². The van der Waals surface area contributed by atoms with Crippen LogP contribution in [0.25, 0.3) is 0 Å². The molecule has 1 aliphatic heterocycles. The van der Waals surface area contributed by atoms with Gasteiger partial charge in [-0.15, -0.1) is 31.4 Å². The summed E-state index contributed by atoms with van der Waals surface area (Å²) in [5.41, 5.74) is 0.739. The second-order valence-electron chi connectivity index (χ2n) is 5.14. The van der Waals surface area contributed by atoms with E-state index in [2.05, 4.69) is 22.9 Å². The molecule has 0 radical (unpaired) electrons. The number of piperazine rings is 1. The number of nitrogens with zero attached hydrogens (tertiary/aromatic N) is 2. The lowest BCUT2D eigenvalue weighted by molar-refractivity contribution is 0.163. The topological polar surface area (TPSA) is 59.3 Å². The SMILES string of the molecule is C=CCC[C@H](c1c(C#N)ccc(F)c1O)N1CCNCC1.Cl.Cl. The Kier molecular flexibility index (Phi) is 9.85. The van der Waals surface area contributed by atoms with Gasteiger partial charge in [0.25, 0.3) is 0 Å². The van der Waals surface area contributed by atoms with Crippen LogP contribution in [0.5, 0.6) is 5.75 Å². The fraction of sp³-hybridized carbons (Fsp3) is 0.438. The lowest BCUT2D eigenvalue weighted by Gasteiger charge is -2.35. The Balaban J connectivity index is 0.00000242. The van der Waals surface area contributed by atoms with E-state index in [-0.39, 0.29) is 30.9 Å². The van der Waals surface area contributed by atoms with Gasteiger partial charge in [0, 0.05) is 37.8 Å². The van der Waals surface area contributed by atoms with Gasteiger partial charge in [-0.3, -0.25) is 4.90 Å². The molecule has 0 saturated carbocycles. The monoisotopic (exact) mass is 361 g/mol. The summed E-state index contributed by atoms with van der Waals surface area (Å²) < 4.78 is 13.7. The van der Waals surface area contributed by atoms with E-state index in [9.17, 15) is 14.8 Å². The van der Waals surface area contributed by atoms with Gasteiger partial charge >= 0.3 is 0 Å². The molecule has 1 aromatic carbocycles. The number of phenols is 1. The normalized spacial score (nSPS) is 15.7. The molecular formula is C16H22Cl2FN3O. The summed E-state index contributed by atoms with van der Waals surface area (Å²) >= 11 is 0. The number of hydrogen-bond donors (Lipinski definition) is 2. The zero-order valence-corrected chi connectivity index (χ0v) is 14.4. The summed E-state index contributed by atoms with van der Waals surface area (Å²) in [4.78, 5) is 2.19. The molecule has 128 valence electrons. The Hall–Kier alpha value is -1.32. The highest BCUT2D eigenvalue weighted by molar-refractivity contribution is 5.85. The molecule has 7 heteroatoms. The van der Waals surface area contributed by atoms with Gasteiger partial charge < -0.3 is 10.4 Å². The van der Waals surface area contributed by atoms with E-state index in [4.69, 9.17) is 0 Å². The fourth-order valence-electron chi connectivity index (χ4n) is 2.80. The smallest absolute Gasteiger partial charge is 0.165 e. The minimum absolute atomic E-state index is 0. The largest absolute Gasteiger partial charge is 0.505 e. The molecule has 1 aliphatic rings. The number of hydrogen-bond acceptors (Lipinski definition) is 4. The number of rotatable bonds is 5. The molecule has 0 bridgehead atoms. The van der Waals surface area contributed by atoms with Crippen LogP contribution in [-0.2, 0) is 0 Å². The van der Waals surface area contributed by atoms with Gasteiger partial charge in [0.05, 0.1) is 11.6 Å². The first kappa shape index (κ1) is 21.7.